The van der Waals surface area contributed by atoms with Crippen LogP contribution in [0.2, 0.25) is 0 Å². The standard InChI is InChI=1S/C28H45N3O3/c1-3-4-5-6-7-8-9-10-11-12-13-14-15-16-17-18-19-20-21-22-27(32)29-23-25-31(2)26-24-30-28(33)34/h4-5,7-8,10-11,13-14,16-17,19-20,30H,3,6,9,12,15,18,21-26H2,1-2H3,(H,29,32)(H,33,34). The van der Waals surface area contributed by atoms with Crippen molar-refractivity contribution in [1.29, 1.82) is 0 Å². The molecule has 3 N–H and O–H groups in total. The van der Waals surface area contributed by atoms with Crippen molar-refractivity contribution in [2.45, 2.75) is 58.3 Å². The van der Waals surface area contributed by atoms with Crippen molar-refractivity contribution in [3.63, 3.8) is 0 Å². The van der Waals surface area contributed by atoms with E-state index in [9.17, 15) is 9.59 Å². The van der Waals surface area contributed by atoms with Gasteiger partial charge in [0.05, 0.1) is 0 Å². The molecule has 6 nitrogen and oxygen atoms in total. The van der Waals surface area contributed by atoms with Crippen molar-refractivity contribution in [3.05, 3.63) is 72.9 Å². The number of nitrogens with one attached hydrogen (secondary N) is 2. The molecule has 0 spiro atoms. The summed E-state index contributed by atoms with van der Waals surface area (Å²) in [4.78, 5) is 24.2. The van der Waals surface area contributed by atoms with Gasteiger partial charge in [-0.05, 0) is 52.0 Å². The smallest absolute Gasteiger partial charge is 0.404 e. The van der Waals surface area contributed by atoms with Crippen LogP contribution in [0.3, 0.4) is 0 Å². The Morgan fingerprint density at radius 1 is 0.676 bits per heavy atom. The molecule has 0 unspecified atom stereocenters. The zero-order chi connectivity index (χ0) is 25.1. The average Bonchev–Trinajstić information content (AvgIpc) is 2.80. The molecule has 0 aliphatic heterocycles. The van der Waals surface area contributed by atoms with Crippen LogP contribution in [0.1, 0.15) is 58.3 Å². The van der Waals surface area contributed by atoms with Crippen LogP contribution in [0, 0.1) is 0 Å². The number of amides is 2. The summed E-state index contributed by atoms with van der Waals surface area (Å²) in [6.45, 7) is 4.39. The summed E-state index contributed by atoms with van der Waals surface area (Å²) in [6.07, 6.45) is 32.1. The average molecular weight is 472 g/mol. The first kappa shape index (κ1) is 31.1. The maximum absolute atomic E-state index is 11.8. The van der Waals surface area contributed by atoms with E-state index in [-0.39, 0.29) is 5.91 Å². The van der Waals surface area contributed by atoms with Gasteiger partial charge in [-0.15, -0.1) is 0 Å². The fourth-order valence-electron chi connectivity index (χ4n) is 2.79. The van der Waals surface area contributed by atoms with Gasteiger partial charge in [-0.25, -0.2) is 4.79 Å². The minimum atomic E-state index is -1.02. The minimum absolute atomic E-state index is 0.0385. The van der Waals surface area contributed by atoms with Crippen molar-refractivity contribution in [2.75, 3.05) is 33.2 Å². The molecule has 0 heterocycles. The minimum Gasteiger partial charge on any atom is -0.465 e. The Hall–Kier alpha value is -2.86. The molecule has 2 amide bonds. The van der Waals surface area contributed by atoms with Crippen LogP contribution in [0.4, 0.5) is 4.79 Å². The molecule has 0 saturated heterocycles. The number of hydrogen-bond donors (Lipinski definition) is 3. The molecule has 0 atom stereocenters. The number of carboxylic acid groups (broad SMARTS) is 1. The molecule has 0 bridgehead atoms. The van der Waals surface area contributed by atoms with Gasteiger partial charge in [-0.2, -0.15) is 0 Å². The summed E-state index contributed by atoms with van der Waals surface area (Å²) in [5.41, 5.74) is 0. The van der Waals surface area contributed by atoms with Crippen molar-refractivity contribution >= 4 is 12.0 Å². The number of carbonyl (C=O) groups excluding carboxylic acids is 1. The quantitative estimate of drug-likeness (QED) is 0.197. The molecule has 6 heteroatoms. The van der Waals surface area contributed by atoms with Gasteiger partial charge in [0, 0.05) is 32.6 Å². The zero-order valence-electron chi connectivity index (χ0n) is 21.1. The Balaban J connectivity index is 3.61. The van der Waals surface area contributed by atoms with Gasteiger partial charge >= 0.3 is 6.09 Å². The normalized spacial score (nSPS) is 12.6. The van der Waals surface area contributed by atoms with E-state index >= 15 is 0 Å². The van der Waals surface area contributed by atoms with E-state index in [0.29, 0.717) is 32.6 Å². The lowest BCUT2D eigenvalue weighted by Gasteiger charge is -2.16. The lowest BCUT2D eigenvalue weighted by molar-refractivity contribution is -0.121. The predicted octanol–water partition coefficient (Wildman–Crippen LogP) is 5.78. The Kier molecular flexibility index (Phi) is 22.7. The first-order chi connectivity index (χ1) is 16.6. The van der Waals surface area contributed by atoms with Crippen LogP contribution >= 0.6 is 0 Å². The van der Waals surface area contributed by atoms with Gasteiger partial charge in [0.15, 0.2) is 0 Å². The molecule has 0 aromatic carbocycles. The van der Waals surface area contributed by atoms with Crippen molar-refractivity contribution < 1.29 is 14.7 Å². The molecule has 0 rings (SSSR count). The van der Waals surface area contributed by atoms with Crippen LogP contribution in [0.25, 0.3) is 0 Å². The Morgan fingerprint density at radius 3 is 1.53 bits per heavy atom. The van der Waals surface area contributed by atoms with Crippen LogP contribution < -0.4 is 10.6 Å². The van der Waals surface area contributed by atoms with Crippen molar-refractivity contribution in [1.82, 2.24) is 15.5 Å². The SMILES string of the molecule is CCC=CCC=CCC=CCC=CCC=CCC=CCCC(=O)NCCN(C)CCNC(=O)O. The number of likely N-dealkylation sites (N-methyl/N-ethyl adjacent to an activating group) is 1. The topological polar surface area (TPSA) is 81.7 Å². The van der Waals surface area contributed by atoms with Gasteiger partial charge < -0.3 is 20.6 Å². The lowest BCUT2D eigenvalue weighted by Crippen LogP contribution is -2.37. The van der Waals surface area contributed by atoms with Crippen molar-refractivity contribution in [2.24, 2.45) is 0 Å². The van der Waals surface area contributed by atoms with Crippen molar-refractivity contribution in [3.8, 4) is 0 Å². The van der Waals surface area contributed by atoms with Gasteiger partial charge in [-0.3, -0.25) is 4.79 Å². The largest absolute Gasteiger partial charge is 0.465 e. The number of rotatable bonds is 20. The van der Waals surface area contributed by atoms with Gasteiger partial charge in [-0.1, -0.05) is 79.8 Å². The predicted molar refractivity (Wildman–Crippen MR) is 144 cm³/mol. The second kappa shape index (κ2) is 24.8. The summed E-state index contributed by atoms with van der Waals surface area (Å²) in [6, 6.07) is 0. The summed E-state index contributed by atoms with van der Waals surface area (Å²) in [5.74, 6) is 0.0385. The highest BCUT2D eigenvalue weighted by molar-refractivity contribution is 5.75. The number of allylic oxidation sites excluding steroid dienone is 12. The highest BCUT2D eigenvalue weighted by atomic mass is 16.4. The third-order valence-electron chi connectivity index (χ3n) is 4.72. The molecular weight excluding hydrogens is 426 g/mol. The molecule has 34 heavy (non-hydrogen) atoms. The van der Waals surface area contributed by atoms with E-state index in [2.05, 4.69) is 84.4 Å². The highest BCUT2D eigenvalue weighted by Gasteiger charge is 2.02. The Bertz CT molecular complexity index is 691. The van der Waals surface area contributed by atoms with E-state index in [1.165, 1.54) is 0 Å². The maximum atomic E-state index is 11.8. The second-order valence-corrected chi connectivity index (χ2v) is 7.84. The van der Waals surface area contributed by atoms with E-state index in [0.717, 1.165) is 44.9 Å². The molecule has 0 aromatic rings. The van der Waals surface area contributed by atoms with Gasteiger partial charge in [0.2, 0.25) is 5.91 Å². The fourth-order valence-corrected chi connectivity index (χ4v) is 2.79. The number of nitrogens with zero attached hydrogens (tertiary/aromatic N) is 1. The van der Waals surface area contributed by atoms with E-state index in [4.69, 9.17) is 5.11 Å². The lowest BCUT2D eigenvalue weighted by atomic mass is 10.2. The monoisotopic (exact) mass is 471 g/mol. The first-order valence-corrected chi connectivity index (χ1v) is 12.4. The van der Waals surface area contributed by atoms with E-state index < -0.39 is 6.09 Å². The van der Waals surface area contributed by atoms with E-state index in [1.807, 2.05) is 18.0 Å². The summed E-state index contributed by atoms with van der Waals surface area (Å²) in [5, 5.41) is 13.7. The second-order valence-electron chi connectivity index (χ2n) is 7.84. The number of hydrogen-bond acceptors (Lipinski definition) is 3. The molecule has 0 fully saturated rings. The van der Waals surface area contributed by atoms with Gasteiger partial charge in [0.1, 0.15) is 0 Å². The first-order valence-electron chi connectivity index (χ1n) is 12.4. The Morgan fingerprint density at radius 2 is 1.09 bits per heavy atom. The third-order valence-corrected chi connectivity index (χ3v) is 4.72. The van der Waals surface area contributed by atoms with Crippen LogP contribution in [-0.4, -0.2) is 55.2 Å². The summed E-state index contributed by atoms with van der Waals surface area (Å²) >= 11 is 0. The maximum Gasteiger partial charge on any atom is 0.404 e. The summed E-state index contributed by atoms with van der Waals surface area (Å²) in [7, 11) is 1.90. The molecule has 0 aromatic heterocycles. The molecular formula is C28H45N3O3. The van der Waals surface area contributed by atoms with Crippen LogP contribution in [-0.2, 0) is 4.79 Å². The molecule has 190 valence electrons. The van der Waals surface area contributed by atoms with Crippen LogP contribution in [0.15, 0.2) is 72.9 Å². The number of carbonyl (C=O) groups is 2. The molecule has 0 radical (unpaired) electrons. The zero-order valence-corrected chi connectivity index (χ0v) is 21.1. The van der Waals surface area contributed by atoms with Crippen LogP contribution in [0.5, 0.6) is 0 Å². The molecule has 0 saturated carbocycles. The third kappa shape index (κ3) is 25.4. The fraction of sp³-hybridized carbons (Fsp3) is 0.500. The molecule has 0 aliphatic rings. The Labute approximate surface area is 206 Å². The molecule has 0 aliphatic carbocycles. The van der Waals surface area contributed by atoms with E-state index in [1.54, 1.807) is 0 Å². The summed E-state index contributed by atoms with van der Waals surface area (Å²) < 4.78 is 0. The van der Waals surface area contributed by atoms with Gasteiger partial charge in [0.25, 0.3) is 0 Å². The highest BCUT2D eigenvalue weighted by Crippen LogP contribution is 1.97.